The van der Waals surface area contributed by atoms with Gasteiger partial charge in [-0.15, -0.1) is 0 Å². The van der Waals surface area contributed by atoms with Crippen LogP contribution in [0.3, 0.4) is 0 Å². The molecule has 0 saturated heterocycles. The molecule has 272 valence electrons. The van der Waals surface area contributed by atoms with E-state index in [0.29, 0.717) is 10.3 Å². The fourth-order valence-corrected chi connectivity index (χ4v) is 5.57. The maximum absolute atomic E-state index is 16.7. The third-order valence-corrected chi connectivity index (χ3v) is 7.90. The summed E-state index contributed by atoms with van der Waals surface area (Å²) < 4.78 is 33.2. The van der Waals surface area contributed by atoms with Gasteiger partial charge in [0.15, 0.2) is 5.82 Å². The molecule has 1 aliphatic rings. The van der Waals surface area contributed by atoms with Crippen molar-refractivity contribution in [3.05, 3.63) is 42.1 Å². The smallest absolute Gasteiger partial charge is 0.424 e. The van der Waals surface area contributed by atoms with Crippen LogP contribution in [0.25, 0.3) is 21.9 Å². The zero-order valence-corrected chi connectivity index (χ0v) is 30.9. The Labute approximate surface area is 296 Å². The van der Waals surface area contributed by atoms with E-state index in [9.17, 15) is 19.2 Å². The Bertz CT molecular complexity index is 1890. The van der Waals surface area contributed by atoms with Crippen molar-refractivity contribution in [1.29, 1.82) is 5.26 Å². The lowest BCUT2D eigenvalue weighted by Gasteiger charge is -2.29. The van der Waals surface area contributed by atoms with Gasteiger partial charge in [-0.05, 0) is 104 Å². The second kappa shape index (κ2) is 14.1. The number of aromatic nitrogens is 2. The van der Waals surface area contributed by atoms with Gasteiger partial charge in [0.2, 0.25) is 5.91 Å². The third kappa shape index (κ3) is 9.27. The van der Waals surface area contributed by atoms with Crippen LogP contribution in [0.2, 0.25) is 0 Å². The van der Waals surface area contributed by atoms with E-state index in [1.54, 1.807) is 69.2 Å². The molecule has 0 radical (unpaired) electrons. The number of hydrogen-bond donors (Lipinski definition) is 2. The molecule has 0 bridgehead atoms. The van der Waals surface area contributed by atoms with Gasteiger partial charge in [-0.1, -0.05) is 6.92 Å². The predicted molar refractivity (Wildman–Crippen MR) is 189 cm³/mol. The highest BCUT2D eigenvalue weighted by molar-refractivity contribution is 6.11. The number of ether oxygens (including phenoxy) is 3. The van der Waals surface area contributed by atoms with Crippen LogP contribution in [0.15, 0.2) is 30.7 Å². The summed E-state index contributed by atoms with van der Waals surface area (Å²) in [5.41, 5.74) is -2.74. The molecular weight excluding hydrogens is 659 g/mol. The Morgan fingerprint density at radius 3 is 2.02 bits per heavy atom. The standard InChI is InChI=1S/C37H45FN6O7/c1-19-24(16-40-18-26(19)44(33(47)50-36(6,7)8)34(48)51-37(9,10)11)23-14-21-15-27(42-31(45)28-20(2)22(28)12-13-39)41-17-25(21)30(29(23)38)43-32(46)49-35(3,4)5/h14-18,20,22,28H,12H2,1-11H3,(H,43,46)(H,41,42,45). The van der Waals surface area contributed by atoms with E-state index < -0.39 is 40.9 Å². The highest BCUT2D eigenvalue weighted by Gasteiger charge is 2.51. The lowest BCUT2D eigenvalue weighted by atomic mass is 9.97. The zero-order chi connectivity index (χ0) is 38.2. The number of nitriles is 1. The Morgan fingerprint density at radius 2 is 1.47 bits per heavy atom. The second-order valence-electron chi connectivity index (χ2n) is 15.6. The fourth-order valence-electron chi connectivity index (χ4n) is 5.57. The van der Waals surface area contributed by atoms with Crippen LogP contribution in [-0.4, -0.2) is 51.0 Å². The average Bonchev–Trinajstić information content (AvgIpc) is 3.61. The van der Waals surface area contributed by atoms with E-state index in [0.717, 1.165) is 0 Å². The second-order valence-corrected chi connectivity index (χ2v) is 15.6. The van der Waals surface area contributed by atoms with Gasteiger partial charge in [-0.3, -0.25) is 15.1 Å². The minimum absolute atomic E-state index is 0.0229. The zero-order valence-electron chi connectivity index (χ0n) is 30.9. The summed E-state index contributed by atoms with van der Waals surface area (Å²) >= 11 is 0. The molecule has 1 aliphatic carbocycles. The van der Waals surface area contributed by atoms with Crippen LogP contribution in [0.4, 0.5) is 36.0 Å². The Balaban J connectivity index is 1.88. The highest BCUT2D eigenvalue weighted by atomic mass is 19.1. The van der Waals surface area contributed by atoms with E-state index in [-0.39, 0.29) is 69.4 Å². The molecule has 13 nitrogen and oxygen atoms in total. The average molecular weight is 705 g/mol. The molecule has 2 aromatic heterocycles. The molecule has 1 aromatic carbocycles. The summed E-state index contributed by atoms with van der Waals surface area (Å²) in [6.07, 6.45) is 1.23. The molecule has 4 rings (SSSR count). The summed E-state index contributed by atoms with van der Waals surface area (Å²) in [7, 11) is 0. The molecular formula is C37H45FN6O7. The number of benzene rings is 1. The number of pyridine rings is 2. The molecule has 3 atom stereocenters. The van der Waals surface area contributed by atoms with E-state index in [4.69, 9.17) is 19.5 Å². The van der Waals surface area contributed by atoms with Crippen molar-refractivity contribution in [1.82, 2.24) is 9.97 Å². The maximum atomic E-state index is 16.7. The molecule has 0 aliphatic heterocycles. The molecule has 2 N–H and O–H groups in total. The first kappa shape index (κ1) is 38.5. The number of imide groups is 1. The Morgan fingerprint density at radius 1 is 0.882 bits per heavy atom. The van der Waals surface area contributed by atoms with Gasteiger partial charge in [0.1, 0.15) is 22.6 Å². The maximum Gasteiger partial charge on any atom is 0.424 e. The molecule has 3 aromatic rings. The SMILES string of the molecule is Cc1c(-c2cc3cc(NC(=O)C4C(C)C4CC#N)ncc3c(NC(=O)OC(C)(C)C)c2F)cncc1N(C(=O)OC(C)(C)C)C(=O)OC(C)(C)C. The summed E-state index contributed by atoms with van der Waals surface area (Å²) in [5, 5.41) is 15.0. The normalized spacial score (nSPS) is 17.2. The van der Waals surface area contributed by atoms with Gasteiger partial charge < -0.3 is 19.5 Å². The minimum Gasteiger partial charge on any atom is -0.444 e. The topological polar surface area (TPSA) is 173 Å². The number of halogens is 1. The molecule has 0 spiro atoms. The van der Waals surface area contributed by atoms with Crippen LogP contribution in [0, 0.1) is 41.8 Å². The first-order valence-electron chi connectivity index (χ1n) is 16.5. The number of carbonyl (C=O) groups excluding carboxylic acids is 4. The van der Waals surface area contributed by atoms with Crippen molar-refractivity contribution in [3.63, 3.8) is 0 Å². The van der Waals surface area contributed by atoms with Crippen LogP contribution < -0.4 is 15.5 Å². The summed E-state index contributed by atoms with van der Waals surface area (Å²) in [6, 6.07) is 5.12. The van der Waals surface area contributed by atoms with Crippen LogP contribution in [0.1, 0.15) is 81.2 Å². The summed E-state index contributed by atoms with van der Waals surface area (Å²) in [6.45, 7) is 18.3. The highest BCUT2D eigenvalue weighted by Crippen LogP contribution is 2.48. The minimum atomic E-state index is -1.03. The number of anilines is 3. The molecule has 3 unspecified atom stereocenters. The van der Waals surface area contributed by atoms with Crippen molar-refractivity contribution >= 4 is 52.2 Å². The van der Waals surface area contributed by atoms with E-state index in [2.05, 4.69) is 26.7 Å². The molecule has 14 heteroatoms. The lowest BCUT2D eigenvalue weighted by molar-refractivity contribution is -0.117. The molecule has 4 amide bonds. The van der Waals surface area contributed by atoms with Crippen molar-refractivity contribution in [3.8, 4) is 17.2 Å². The number of hydrogen-bond acceptors (Lipinski definition) is 10. The van der Waals surface area contributed by atoms with Crippen molar-refractivity contribution in [2.45, 2.75) is 99.4 Å². The first-order chi connectivity index (χ1) is 23.5. The van der Waals surface area contributed by atoms with E-state index >= 15 is 4.39 Å². The first-order valence-corrected chi connectivity index (χ1v) is 16.5. The molecule has 2 heterocycles. The van der Waals surface area contributed by atoms with Gasteiger partial charge in [-0.2, -0.15) is 10.2 Å². The van der Waals surface area contributed by atoms with Gasteiger partial charge in [0.05, 0.1) is 23.6 Å². The van der Waals surface area contributed by atoms with Crippen molar-refractivity contribution < 1.29 is 37.8 Å². The number of nitrogens with one attached hydrogen (secondary N) is 2. The summed E-state index contributed by atoms with van der Waals surface area (Å²) in [4.78, 5) is 62.2. The lowest BCUT2D eigenvalue weighted by Crippen LogP contribution is -2.44. The largest absolute Gasteiger partial charge is 0.444 e. The van der Waals surface area contributed by atoms with Crippen molar-refractivity contribution in [2.75, 3.05) is 15.5 Å². The fraction of sp³-hybridized carbons (Fsp3) is 0.486. The van der Waals surface area contributed by atoms with E-state index in [1.807, 2.05) is 6.92 Å². The molecule has 1 fully saturated rings. The molecule has 51 heavy (non-hydrogen) atoms. The van der Waals surface area contributed by atoms with Gasteiger partial charge in [-0.25, -0.2) is 23.8 Å². The Hall–Kier alpha value is -5.32. The van der Waals surface area contributed by atoms with Crippen LogP contribution in [0.5, 0.6) is 0 Å². The van der Waals surface area contributed by atoms with E-state index in [1.165, 1.54) is 30.7 Å². The van der Waals surface area contributed by atoms with Crippen LogP contribution in [-0.2, 0) is 19.0 Å². The quantitative estimate of drug-likeness (QED) is 0.237. The summed E-state index contributed by atoms with van der Waals surface area (Å²) in [5.74, 6) is -1.34. The van der Waals surface area contributed by atoms with Gasteiger partial charge >= 0.3 is 18.3 Å². The number of nitrogens with zero attached hydrogens (tertiary/aromatic N) is 4. The number of amides is 4. The molecule has 1 saturated carbocycles. The monoisotopic (exact) mass is 704 g/mol. The van der Waals surface area contributed by atoms with Gasteiger partial charge in [0.25, 0.3) is 0 Å². The number of carbonyl (C=O) groups is 4. The van der Waals surface area contributed by atoms with Crippen LogP contribution >= 0.6 is 0 Å². The third-order valence-electron chi connectivity index (χ3n) is 7.90. The Kier molecular flexibility index (Phi) is 10.7. The number of fused-ring (bicyclic) bond motifs is 1. The number of rotatable bonds is 6. The predicted octanol–water partition coefficient (Wildman–Crippen LogP) is 8.50. The van der Waals surface area contributed by atoms with Gasteiger partial charge in [0, 0.05) is 41.2 Å². The van der Waals surface area contributed by atoms with Crippen molar-refractivity contribution in [2.24, 2.45) is 17.8 Å².